The van der Waals surface area contributed by atoms with Crippen LogP contribution in [-0.2, 0) is 6.18 Å². The summed E-state index contributed by atoms with van der Waals surface area (Å²) < 4.78 is 38.9. The number of alkyl halides is 3. The maximum absolute atomic E-state index is 13.0. The number of amides is 2. The molecule has 132 valence electrons. The van der Waals surface area contributed by atoms with Gasteiger partial charge in [-0.3, -0.25) is 4.98 Å². The summed E-state index contributed by atoms with van der Waals surface area (Å²) in [7, 11) is 0. The molecule has 1 unspecified atom stereocenters. The molecule has 2 amide bonds. The fourth-order valence-corrected chi connectivity index (χ4v) is 3.76. The van der Waals surface area contributed by atoms with E-state index in [2.05, 4.69) is 10.3 Å². The van der Waals surface area contributed by atoms with Crippen molar-refractivity contribution in [1.29, 1.82) is 0 Å². The van der Waals surface area contributed by atoms with Crippen LogP contribution >= 0.6 is 11.8 Å². The summed E-state index contributed by atoms with van der Waals surface area (Å²) in [5.74, 6) is 1.31. The third-order valence-corrected chi connectivity index (χ3v) is 4.94. The predicted molar refractivity (Wildman–Crippen MR) is 91.5 cm³/mol. The van der Waals surface area contributed by atoms with Gasteiger partial charge in [-0.2, -0.15) is 24.9 Å². The smallest absolute Gasteiger partial charge is 0.316 e. The van der Waals surface area contributed by atoms with Gasteiger partial charge >= 0.3 is 12.2 Å². The molecule has 1 fully saturated rings. The van der Waals surface area contributed by atoms with E-state index in [0.717, 1.165) is 17.9 Å². The second-order valence-electron chi connectivity index (χ2n) is 5.57. The Hall–Kier alpha value is -2.22. The standard InChI is InChI=1S/C17H16F3N3OS/c18-17(19,20)13-3-1-2-12(10-13)15-11-25-9-8-23(15)16(24)22-14-4-6-21-7-5-14/h1-7,10,15H,8-9,11H2,(H,21,22,24). The van der Waals surface area contributed by atoms with Crippen molar-refractivity contribution in [3.8, 4) is 0 Å². The normalized spacial score (nSPS) is 18.0. The first-order valence-corrected chi connectivity index (χ1v) is 8.83. The topological polar surface area (TPSA) is 45.2 Å². The average molecular weight is 367 g/mol. The number of pyridine rings is 1. The molecule has 0 bridgehead atoms. The quantitative estimate of drug-likeness (QED) is 0.855. The molecule has 2 aromatic rings. The molecule has 1 aromatic heterocycles. The zero-order valence-electron chi connectivity index (χ0n) is 13.2. The summed E-state index contributed by atoms with van der Waals surface area (Å²) in [4.78, 5) is 18.1. The van der Waals surface area contributed by atoms with E-state index in [1.807, 2.05) is 0 Å². The van der Waals surface area contributed by atoms with Crippen molar-refractivity contribution in [2.75, 3.05) is 23.4 Å². The van der Waals surface area contributed by atoms with Crippen LogP contribution in [0.2, 0.25) is 0 Å². The Labute approximate surface area is 147 Å². The van der Waals surface area contributed by atoms with Gasteiger partial charge in [-0.25, -0.2) is 4.79 Å². The fraction of sp³-hybridized carbons (Fsp3) is 0.294. The van der Waals surface area contributed by atoms with E-state index in [4.69, 9.17) is 0 Å². The average Bonchev–Trinajstić information content (AvgIpc) is 2.62. The van der Waals surface area contributed by atoms with Crippen LogP contribution in [0.3, 0.4) is 0 Å². The van der Waals surface area contributed by atoms with Crippen molar-refractivity contribution in [3.63, 3.8) is 0 Å². The molecule has 2 heterocycles. The first-order chi connectivity index (χ1) is 11.9. The molecule has 8 heteroatoms. The number of nitrogens with one attached hydrogen (secondary N) is 1. The van der Waals surface area contributed by atoms with Gasteiger partial charge in [0.05, 0.1) is 11.6 Å². The third kappa shape index (κ3) is 4.25. The van der Waals surface area contributed by atoms with Crippen LogP contribution in [0.1, 0.15) is 17.2 Å². The lowest BCUT2D eigenvalue weighted by molar-refractivity contribution is -0.137. The maximum Gasteiger partial charge on any atom is 0.416 e. The zero-order valence-corrected chi connectivity index (χ0v) is 14.0. The van der Waals surface area contributed by atoms with Gasteiger partial charge in [0.25, 0.3) is 0 Å². The highest BCUT2D eigenvalue weighted by Gasteiger charge is 2.33. The van der Waals surface area contributed by atoms with E-state index in [9.17, 15) is 18.0 Å². The van der Waals surface area contributed by atoms with Crippen molar-refractivity contribution < 1.29 is 18.0 Å². The first kappa shape index (κ1) is 17.6. The van der Waals surface area contributed by atoms with Gasteiger partial charge in [-0.15, -0.1) is 0 Å². The molecule has 0 saturated carbocycles. The van der Waals surface area contributed by atoms with Gasteiger partial charge < -0.3 is 10.2 Å². The molecule has 1 aliphatic rings. The second-order valence-corrected chi connectivity index (χ2v) is 6.72. The van der Waals surface area contributed by atoms with Crippen molar-refractivity contribution in [1.82, 2.24) is 9.88 Å². The van der Waals surface area contributed by atoms with Gasteiger partial charge in [0.15, 0.2) is 0 Å². The zero-order chi connectivity index (χ0) is 17.9. The van der Waals surface area contributed by atoms with E-state index < -0.39 is 17.8 Å². The van der Waals surface area contributed by atoms with Gasteiger partial charge in [-0.05, 0) is 29.8 Å². The van der Waals surface area contributed by atoms with E-state index >= 15 is 0 Å². The van der Waals surface area contributed by atoms with Gasteiger partial charge in [0.2, 0.25) is 0 Å². The van der Waals surface area contributed by atoms with Crippen molar-refractivity contribution >= 4 is 23.5 Å². The Morgan fingerprint density at radius 3 is 2.72 bits per heavy atom. The molecule has 1 N–H and O–H groups in total. The summed E-state index contributed by atoms with van der Waals surface area (Å²) in [6, 6.07) is 7.79. The summed E-state index contributed by atoms with van der Waals surface area (Å²) in [6.45, 7) is 0.475. The van der Waals surface area contributed by atoms with Crippen LogP contribution in [0, 0.1) is 0 Å². The molecular formula is C17H16F3N3OS. The maximum atomic E-state index is 13.0. The highest BCUT2D eigenvalue weighted by molar-refractivity contribution is 7.99. The number of carbonyl (C=O) groups is 1. The minimum absolute atomic E-state index is 0.325. The van der Waals surface area contributed by atoms with Crippen LogP contribution < -0.4 is 5.32 Å². The van der Waals surface area contributed by atoms with Crippen molar-refractivity contribution in [2.45, 2.75) is 12.2 Å². The van der Waals surface area contributed by atoms with Crippen LogP contribution in [-0.4, -0.2) is 34.0 Å². The number of hydrogen-bond acceptors (Lipinski definition) is 3. The van der Waals surface area contributed by atoms with E-state index in [1.54, 1.807) is 47.3 Å². The second kappa shape index (κ2) is 7.35. The molecule has 1 atom stereocenters. The molecule has 0 spiro atoms. The summed E-state index contributed by atoms with van der Waals surface area (Å²) in [5, 5.41) is 2.77. The monoisotopic (exact) mass is 367 g/mol. The molecular weight excluding hydrogens is 351 g/mol. The number of rotatable bonds is 2. The lowest BCUT2D eigenvalue weighted by atomic mass is 10.0. The number of hydrogen-bond donors (Lipinski definition) is 1. The van der Waals surface area contributed by atoms with Crippen LogP contribution in [0.4, 0.5) is 23.7 Å². The molecule has 1 aromatic carbocycles. The van der Waals surface area contributed by atoms with Gasteiger partial charge in [0, 0.05) is 36.1 Å². The van der Waals surface area contributed by atoms with E-state index in [0.29, 0.717) is 23.5 Å². The highest BCUT2D eigenvalue weighted by atomic mass is 32.2. The molecule has 0 radical (unpaired) electrons. The molecule has 25 heavy (non-hydrogen) atoms. The Kier molecular flexibility index (Phi) is 5.17. The lowest BCUT2D eigenvalue weighted by Gasteiger charge is -2.36. The Balaban J connectivity index is 1.82. The van der Waals surface area contributed by atoms with Crippen LogP contribution in [0.25, 0.3) is 0 Å². The number of nitrogens with zero attached hydrogens (tertiary/aromatic N) is 2. The third-order valence-electron chi connectivity index (χ3n) is 3.92. The summed E-state index contributed by atoms with van der Waals surface area (Å²) >= 11 is 1.63. The predicted octanol–water partition coefficient (Wildman–Crippen LogP) is 4.42. The molecule has 1 aliphatic heterocycles. The number of halogens is 3. The minimum atomic E-state index is -4.40. The molecule has 1 saturated heterocycles. The van der Waals surface area contributed by atoms with Gasteiger partial charge in [-0.1, -0.05) is 12.1 Å². The SMILES string of the molecule is O=C(Nc1ccncc1)N1CCSCC1c1cccc(C(F)(F)F)c1. The summed E-state index contributed by atoms with van der Waals surface area (Å²) in [5.41, 5.74) is 0.392. The summed E-state index contributed by atoms with van der Waals surface area (Å²) in [6.07, 6.45) is -1.28. The molecule has 4 nitrogen and oxygen atoms in total. The number of benzene rings is 1. The largest absolute Gasteiger partial charge is 0.416 e. The van der Waals surface area contributed by atoms with Crippen LogP contribution in [0.5, 0.6) is 0 Å². The molecule has 0 aliphatic carbocycles. The Morgan fingerprint density at radius 2 is 2.00 bits per heavy atom. The molecule has 3 rings (SSSR count). The first-order valence-electron chi connectivity index (χ1n) is 7.68. The number of urea groups is 1. The minimum Gasteiger partial charge on any atom is -0.316 e. The van der Waals surface area contributed by atoms with Crippen LogP contribution in [0.15, 0.2) is 48.8 Å². The van der Waals surface area contributed by atoms with Crippen molar-refractivity contribution in [3.05, 3.63) is 59.9 Å². The lowest BCUT2D eigenvalue weighted by Crippen LogP contribution is -2.43. The number of carbonyl (C=O) groups excluding carboxylic acids is 1. The Bertz CT molecular complexity index is 739. The fourth-order valence-electron chi connectivity index (χ4n) is 2.68. The number of anilines is 1. The van der Waals surface area contributed by atoms with E-state index in [-0.39, 0.29) is 6.03 Å². The number of thioether (sulfide) groups is 1. The Morgan fingerprint density at radius 1 is 1.24 bits per heavy atom. The van der Waals surface area contributed by atoms with Crippen molar-refractivity contribution in [2.24, 2.45) is 0 Å². The highest BCUT2D eigenvalue weighted by Crippen LogP contribution is 2.34. The number of aromatic nitrogens is 1. The van der Waals surface area contributed by atoms with E-state index in [1.165, 1.54) is 6.07 Å². The van der Waals surface area contributed by atoms with Gasteiger partial charge in [0.1, 0.15) is 0 Å².